The van der Waals surface area contributed by atoms with Crippen LogP contribution in [0, 0.1) is 11.8 Å². The molecule has 55 heavy (non-hydrogen) atoms. The highest BCUT2D eigenvalue weighted by atomic mass is 16.7. The van der Waals surface area contributed by atoms with Crippen LogP contribution in [0.3, 0.4) is 0 Å². The number of carbonyl (C=O) groups excluding carboxylic acids is 2. The van der Waals surface area contributed by atoms with E-state index in [1.807, 2.05) is 60.7 Å². The van der Waals surface area contributed by atoms with Crippen molar-refractivity contribution in [3.8, 4) is 11.1 Å². The van der Waals surface area contributed by atoms with Gasteiger partial charge in [0, 0.05) is 41.7 Å². The lowest BCUT2D eigenvalue weighted by molar-refractivity contribution is -0.278. The van der Waals surface area contributed by atoms with Crippen molar-refractivity contribution in [2.45, 2.75) is 115 Å². The molecule has 0 radical (unpaired) electrons. The smallest absolute Gasteiger partial charge is 0.251 e. The molecule has 0 aromatic heterocycles. The number of carbonyl (C=O) groups is 2. The Balaban J connectivity index is 1.15. The summed E-state index contributed by atoms with van der Waals surface area (Å²) in [4.78, 5) is 29.2. The third-order valence-corrected chi connectivity index (χ3v) is 11.8. The molecule has 8 nitrogen and oxygen atoms in total. The molecule has 290 valence electrons. The Kier molecular flexibility index (Phi) is 12.2. The van der Waals surface area contributed by atoms with Crippen molar-refractivity contribution in [1.82, 2.24) is 15.5 Å². The molecule has 0 bridgehead atoms. The quantitative estimate of drug-likeness (QED) is 0.151. The van der Waals surface area contributed by atoms with Crippen LogP contribution in [0.5, 0.6) is 0 Å². The largest absolute Gasteiger partial charge is 0.392 e. The third-order valence-electron chi connectivity index (χ3n) is 11.8. The zero-order valence-corrected chi connectivity index (χ0v) is 32.7. The molecule has 0 unspecified atom stereocenters. The Morgan fingerprint density at radius 2 is 1.49 bits per heavy atom. The van der Waals surface area contributed by atoms with Gasteiger partial charge in [-0.3, -0.25) is 14.5 Å². The van der Waals surface area contributed by atoms with E-state index in [-0.39, 0.29) is 48.1 Å². The molecular weight excluding hydrogens is 687 g/mol. The number of fused-ring (bicyclic) bond motifs is 1. The molecule has 7 rings (SSSR count). The van der Waals surface area contributed by atoms with Gasteiger partial charge in [0.1, 0.15) is 0 Å². The molecule has 1 aliphatic carbocycles. The zero-order valence-electron chi connectivity index (χ0n) is 32.7. The number of amides is 2. The number of nitrogens with zero attached hydrogens (tertiary/aromatic N) is 1. The standard InChI is InChI=1S/C47H57N3O5/c1-31-42(29-50-40-17-11-9-12-34(40)26-27-41(50)45(53)49-47(2,3)4)54-46(55-43(31)35-20-18-32(30-51)19-21-35)37-24-22-33(23-25-37)39-16-10-8-15-38(39)28-48-44(52)36-13-6-5-7-14-36/h5-8,10,13-16,18-25,31,34,40-43,46,51H,9,11-12,17,26-30H2,1-4H3,(H,48,52)(H,49,53)/t31-,34-,40-,41-,42+,43+,46+/m1/s1. The van der Waals surface area contributed by atoms with Crippen molar-refractivity contribution in [2.75, 3.05) is 6.54 Å². The van der Waals surface area contributed by atoms with Gasteiger partial charge in [-0.2, -0.15) is 0 Å². The van der Waals surface area contributed by atoms with Crippen LogP contribution in [-0.4, -0.2) is 52.1 Å². The molecule has 2 aliphatic heterocycles. The molecule has 1 saturated carbocycles. The van der Waals surface area contributed by atoms with Crippen LogP contribution in [0.4, 0.5) is 0 Å². The summed E-state index contributed by atoms with van der Waals surface area (Å²) in [5.41, 5.74) is 6.26. The van der Waals surface area contributed by atoms with Gasteiger partial charge in [-0.1, -0.05) is 111 Å². The third kappa shape index (κ3) is 9.21. The maximum atomic E-state index is 13.9. The van der Waals surface area contributed by atoms with E-state index in [1.165, 1.54) is 19.3 Å². The highest BCUT2D eigenvalue weighted by Gasteiger charge is 2.46. The van der Waals surface area contributed by atoms with Gasteiger partial charge in [-0.15, -0.1) is 0 Å². The van der Waals surface area contributed by atoms with Crippen LogP contribution in [0.1, 0.15) is 111 Å². The topological polar surface area (TPSA) is 100 Å². The molecule has 2 heterocycles. The SMILES string of the molecule is C[C@@H]1[C@H](CN2[C@@H](C(=O)NC(C)(C)C)CC[C@H]3CCCC[C@H]32)O[C@H](c2ccc(-c3ccccc3CNC(=O)c3ccccc3)cc2)O[C@@H]1c1ccc(CO)cc1. The van der Waals surface area contributed by atoms with Crippen LogP contribution in [0.2, 0.25) is 0 Å². The first-order valence-corrected chi connectivity index (χ1v) is 20.2. The van der Waals surface area contributed by atoms with E-state index >= 15 is 0 Å². The van der Waals surface area contributed by atoms with Crippen LogP contribution < -0.4 is 10.6 Å². The van der Waals surface area contributed by atoms with Crippen LogP contribution >= 0.6 is 0 Å². The summed E-state index contributed by atoms with van der Waals surface area (Å²) in [6.07, 6.45) is 5.65. The second-order valence-corrected chi connectivity index (χ2v) is 16.8. The predicted molar refractivity (Wildman–Crippen MR) is 216 cm³/mol. The summed E-state index contributed by atoms with van der Waals surface area (Å²) < 4.78 is 13.8. The number of nitrogens with one attached hydrogen (secondary N) is 2. The Hall–Kier alpha value is -4.34. The Morgan fingerprint density at radius 3 is 2.22 bits per heavy atom. The lowest BCUT2D eigenvalue weighted by Crippen LogP contribution is -2.61. The van der Waals surface area contributed by atoms with E-state index in [1.54, 1.807) is 0 Å². The van der Waals surface area contributed by atoms with E-state index in [9.17, 15) is 14.7 Å². The number of ether oxygens (including phenoxy) is 2. The fraction of sp³-hybridized carbons (Fsp3) is 0.447. The van der Waals surface area contributed by atoms with Gasteiger partial charge in [0.15, 0.2) is 6.29 Å². The number of hydrogen-bond donors (Lipinski definition) is 3. The molecule has 0 spiro atoms. The van der Waals surface area contributed by atoms with E-state index in [0.29, 0.717) is 30.6 Å². The van der Waals surface area contributed by atoms with E-state index in [2.05, 4.69) is 85.7 Å². The number of benzene rings is 4. The second kappa shape index (κ2) is 17.2. The number of rotatable bonds is 10. The van der Waals surface area contributed by atoms with E-state index < -0.39 is 6.29 Å². The summed E-state index contributed by atoms with van der Waals surface area (Å²) in [6, 6.07) is 34.0. The highest BCUT2D eigenvalue weighted by molar-refractivity contribution is 5.94. The van der Waals surface area contributed by atoms with E-state index in [4.69, 9.17) is 9.47 Å². The molecule has 4 aromatic carbocycles. The Bertz CT molecular complexity index is 1890. The highest BCUT2D eigenvalue weighted by Crippen LogP contribution is 2.44. The van der Waals surface area contributed by atoms with Crippen molar-refractivity contribution in [3.05, 3.63) is 131 Å². The molecule has 2 saturated heterocycles. The van der Waals surface area contributed by atoms with Crippen molar-refractivity contribution in [3.63, 3.8) is 0 Å². The zero-order chi connectivity index (χ0) is 38.5. The summed E-state index contributed by atoms with van der Waals surface area (Å²) in [6.45, 7) is 9.40. The number of likely N-dealkylation sites (tertiary alicyclic amines) is 1. The first-order chi connectivity index (χ1) is 26.6. The summed E-state index contributed by atoms with van der Waals surface area (Å²) in [5.74, 6) is 0.608. The Morgan fingerprint density at radius 1 is 0.800 bits per heavy atom. The normalized spacial score (nSPS) is 25.8. The molecule has 3 aliphatic rings. The van der Waals surface area contributed by atoms with Crippen molar-refractivity contribution in [1.29, 1.82) is 0 Å². The van der Waals surface area contributed by atoms with Gasteiger partial charge >= 0.3 is 0 Å². The minimum atomic E-state index is -0.619. The monoisotopic (exact) mass is 743 g/mol. The Labute approximate surface area is 326 Å². The van der Waals surface area contributed by atoms with Gasteiger partial charge in [0.2, 0.25) is 5.91 Å². The molecule has 8 heteroatoms. The maximum absolute atomic E-state index is 13.9. The predicted octanol–water partition coefficient (Wildman–Crippen LogP) is 8.51. The fourth-order valence-corrected chi connectivity index (χ4v) is 8.91. The number of aliphatic hydroxyl groups excluding tert-OH is 1. The molecule has 3 fully saturated rings. The summed E-state index contributed by atoms with van der Waals surface area (Å²) >= 11 is 0. The average Bonchev–Trinajstić information content (AvgIpc) is 3.20. The van der Waals surface area contributed by atoms with Gasteiger partial charge in [-0.05, 0) is 92.3 Å². The van der Waals surface area contributed by atoms with Crippen molar-refractivity contribution in [2.24, 2.45) is 11.8 Å². The lowest BCUT2D eigenvalue weighted by atomic mass is 9.75. The molecule has 4 aromatic rings. The van der Waals surface area contributed by atoms with Crippen LogP contribution in [0.25, 0.3) is 11.1 Å². The minimum Gasteiger partial charge on any atom is -0.392 e. The van der Waals surface area contributed by atoms with Crippen LogP contribution in [0.15, 0.2) is 103 Å². The van der Waals surface area contributed by atoms with Gasteiger partial charge in [0.05, 0.1) is 24.9 Å². The fourth-order valence-electron chi connectivity index (χ4n) is 8.91. The van der Waals surface area contributed by atoms with Gasteiger partial charge < -0.3 is 25.2 Å². The lowest BCUT2D eigenvalue weighted by Gasteiger charge is -2.51. The van der Waals surface area contributed by atoms with Crippen molar-refractivity contribution >= 4 is 11.8 Å². The molecule has 3 N–H and O–H groups in total. The van der Waals surface area contributed by atoms with Crippen LogP contribution in [-0.2, 0) is 27.4 Å². The number of hydrogen-bond acceptors (Lipinski definition) is 6. The van der Waals surface area contributed by atoms with E-state index in [0.717, 1.165) is 52.6 Å². The first-order valence-electron chi connectivity index (χ1n) is 20.2. The minimum absolute atomic E-state index is 0.00349. The summed E-state index contributed by atoms with van der Waals surface area (Å²) in [5, 5.41) is 16.1. The van der Waals surface area contributed by atoms with Gasteiger partial charge in [-0.25, -0.2) is 0 Å². The van der Waals surface area contributed by atoms with Gasteiger partial charge in [0.25, 0.3) is 5.91 Å². The molecular formula is C47H57N3O5. The number of aliphatic hydroxyl groups is 1. The summed E-state index contributed by atoms with van der Waals surface area (Å²) in [7, 11) is 0. The molecule has 2 amide bonds. The first kappa shape index (κ1) is 38.9. The average molecular weight is 744 g/mol. The second-order valence-electron chi connectivity index (χ2n) is 16.8. The number of piperidine rings is 1. The maximum Gasteiger partial charge on any atom is 0.251 e. The molecule has 7 atom stereocenters. The van der Waals surface area contributed by atoms with Crippen molar-refractivity contribution < 1.29 is 24.2 Å².